The first-order chi connectivity index (χ1) is 9.56. The van der Waals surface area contributed by atoms with E-state index >= 15 is 0 Å². The maximum atomic E-state index is 11.8. The molecule has 0 radical (unpaired) electrons. The molecule has 0 aromatic heterocycles. The van der Waals surface area contributed by atoms with E-state index in [1.54, 1.807) is 24.3 Å². The number of hydrogen-bond acceptors (Lipinski definition) is 3. The van der Waals surface area contributed by atoms with Gasteiger partial charge in [-0.25, -0.2) is 5.43 Å². The van der Waals surface area contributed by atoms with Crippen LogP contribution >= 0.6 is 11.6 Å². The van der Waals surface area contributed by atoms with E-state index in [-0.39, 0.29) is 16.7 Å². The van der Waals surface area contributed by atoms with E-state index in [9.17, 15) is 9.90 Å². The number of hydrogen-bond donors (Lipinski definition) is 2. The van der Waals surface area contributed by atoms with Crippen molar-refractivity contribution in [3.63, 3.8) is 0 Å². The molecule has 0 saturated carbocycles. The van der Waals surface area contributed by atoms with Gasteiger partial charge in [0.2, 0.25) is 0 Å². The third-order valence-corrected chi connectivity index (χ3v) is 2.97. The summed E-state index contributed by atoms with van der Waals surface area (Å²) in [5.74, 6) is -0.279. The summed E-state index contributed by atoms with van der Waals surface area (Å²) < 4.78 is 0. The monoisotopic (exact) mass is 288 g/mol. The molecular formula is C15H13ClN2O2. The summed E-state index contributed by atoms with van der Waals surface area (Å²) in [5, 5.41) is 13.4. The molecule has 0 aliphatic rings. The van der Waals surface area contributed by atoms with Crippen LogP contribution < -0.4 is 5.43 Å². The van der Waals surface area contributed by atoms with Gasteiger partial charge < -0.3 is 5.11 Å². The summed E-state index contributed by atoms with van der Waals surface area (Å²) in [5.41, 5.74) is 4.73. The van der Waals surface area contributed by atoms with Gasteiger partial charge in [-0.3, -0.25) is 4.79 Å². The molecule has 0 spiro atoms. The van der Waals surface area contributed by atoms with Crippen LogP contribution in [0.5, 0.6) is 5.75 Å². The van der Waals surface area contributed by atoms with Crippen LogP contribution in [0.15, 0.2) is 47.6 Å². The SMILES string of the molecule is Cc1ccc(C(=O)N/N=C\c2ccc(O)c(Cl)c2)cc1. The minimum Gasteiger partial charge on any atom is -0.506 e. The van der Waals surface area contributed by atoms with E-state index in [1.165, 1.54) is 12.3 Å². The third-order valence-electron chi connectivity index (χ3n) is 2.67. The molecule has 0 heterocycles. The van der Waals surface area contributed by atoms with Crippen molar-refractivity contribution in [3.05, 3.63) is 64.2 Å². The van der Waals surface area contributed by atoms with Gasteiger partial charge in [-0.2, -0.15) is 5.10 Å². The van der Waals surface area contributed by atoms with E-state index in [4.69, 9.17) is 11.6 Å². The number of halogens is 1. The Labute approximate surface area is 121 Å². The number of nitrogens with zero attached hydrogens (tertiary/aromatic N) is 1. The van der Waals surface area contributed by atoms with Crippen LogP contribution in [0.3, 0.4) is 0 Å². The fourth-order valence-corrected chi connectivity index (χ4v) is 1.73. The van der Waals surface area contributed by atoms with Crippen LogP contribution in [0.1, 0.15) is 21.5 Å². The van der Waals surface area contributed by atoms with Gasteiger partial charge in [0.25, 0.3) is 5.91 Å². The standard InChI is InChI=1S/C15H13ClN2O2/c1-10-2-5-12(6-3-10)15(20)18-17-9-11-4-7-14(19)13(16)8-11/h2-9,19H,1H3,(H,18,20)/b17-9-. The molecule has 1 amide bonds. The predicted octanol–water partition coefficient (Wildman–Crippen LogP) is 3.12. The lowest BCUT2D eigenvalue weighted by Gasteiger charge is -2.01. The Balaban J connectivity index is 2.00. The lowest BCUT2D eigenvalue weighted by atomic mass is 10.1. The van der Waals surface area contributed by atoms with Crippen LogP contribution in [0.2, 0.25) is 5.02 Å². The molecule has 0 aliphatic heterocycles. The van der Waals surface area contributed by atoms with Gasteiger partial charge in [0, 0.05) is 5.56 Å². The van der Waals surface area contributed by atoms with Crippen molar-refractivity contribution in [3.8, 4) is 5.75 Å². The average Bonchev–Trinajstić information content (AvgIpc) is 2.43. The van der Waals surface area contributed by atoms with Crippen molar-refractivity contribution in [2.24, 2.45) is 5.10 Å². The fraction of sp³-hybridized carbons (Fsp3) is 0.0667. The van der Waals surface area contributed by atoms with E-state index in [1.807, 2.05) is 19.1 Å². The van der Waals surface area contributed by atoms with Crippen molar-refractivity contribution >= 4 is 23.7 Å². The Morgan fingerprint density at radius 3 is 2.60 bits per heavy atom. The molecule has 2 aromatic rings. The molecule has 5 heteroatoms. The largest absolute Gasteiger partial charge is 0.506 e. The van der Waals surface area contributed by atoms with Crippen LogP contribution in [-0.4, -0.2) is 17.2 Å². The zero-order valence-corrected chi connectivity index (χ0v) is 11.6. The van der Waals surface area contributed by atoms with E-state index < -0.39 is 0 Å². The van der Waals surface area contributed by atoms with Crippen molar-refractivity contribution in [2.75, 3.05) is 0 Å². The highest BCUT2D eigenvalue weighted by atomic mass is 35.5. The van der Waals surface area contributed by atoms with E-state index in [0.29, 0.717) is 11.1 Å². The first kappa shape index (κ1) is 14.1. The van der Waals surface area contributed by atoms with Gasteiger partial charge in [0.1, 0.15) is 5.75 Å². The number of carbonyl (C=O) groups excluding carboxylic acids is 1. The number of benzene rings is 2. The highest BCUT2D eigenvalue weighted by Crippen LogP contribution is 2.22. The minimum absolute atomic E-state index is 0.00695. The summed E-state index contributed by atoms with van der Waals surface area (Å²) in [6.07, 6.45) is 1.46. The maximum absolute atomic E-state index is 11.8. The summed E-state index contributed by atoms with van der Waals surface area (Å²) in [7, 11) is 0. The molecule has 2 N–H and O–H groups in total. The van der Waals surface area contributed by atoms with Gasteiger partial charge in [0.15, 0.2) is 0 Å². The number of carbonyl (C=O) groups is 1. The predicted molar refractivity (Wildman–Crippen MR) is 79.4 cm³/mol. The lowest BCUT2D eigenvalue weighted by molar-refractivity contribution is 0.0955. The number of nitrogens with one attached hydrogen (secondary N) is 1. The molecule has 0 fully saturated rings. The molecule has 0 aliphatic carbocycles. The van der Waals surface area contributed by atoms with E-state index in [0.717, 1.165) is 5.56 Å². The quantitative estimate of drug-likeness (QED) is 0.673. The highest BCUT2D eigenvalue weighted by Gasteiger charge is 2.03. The summed E-state index contributed by atoms with van der Waals surface area (Å²) in [6.45, 7) is 1.95. The minimum atomic E-state index is -0.286. The number of amides is 1. The molecule has 0 saturated heterocycles. The molecule has 0 bridgehead atoms. The molecule has 2 aromatic carbocycles. The molecule has 4 nitrogen and oxygen atoms in total. The molecule has 2 rings (SSSR count). The van der Waals surface area contributed by atoms with Crippen molar-refractivity contribution in [2.45, 2.75) is 6.92 Å². The second-order valence-corrected chi connectivity index (χ2v) is 4.68. The second-order valence-electron chi connectivity index (χ2n) is 4.28. The van der Waals surface area contributed by atoms with Gasteiger partial charge >= 0.3 is 0 Å². The van der Waals surface area contributed by atoms with Crippen LogP contribution in [-0.2, 0) is 0 Å². The van der Waals surface area contributed by atoms with Gasteiger partial charge in [-0.1, -0.05) is 29.3 Å². The van der Waals surface area contributed by atoms with Gasteiger partial charge in [0.05, 0.1) is 11.2 Å². The topological polar surface area (TPSA) is 61.7 Å². The number of aryl methyl sites for hydroxylation is 1. The Morgan fingerprint density at radius 2 is 1.95 bits per heavy atom. The molecule has 0 atom stereocenters. The Kier molecular flexibility index (Phi) is 4.38. The summed E-state index contributed by atoms with van der Waals surface area (Å²) in [6, 6.07) is 11.8. The molecule has 0 unspecified atom stereocenters. The maximum Gasteiger partial charge on any atom is 0.271 e. The number of phenolic OH excluding ortho intramolecular Hbond substituents is 1. The van der Waals surface area contributed by atoms with Crippen molar-refractivity contribution < 1.29 is 9.90 Å². The molecule has 102 valence electrons. The Bertz CT molecular complexity index is 651. The Hall–Kier alpha value is -2.33. The highest BCUT2D eigenvalue weighted by molar-refractivity contribution is 6.32. The number of rotatable bonds is 3. The van der Waals surface area contributed by atoms with Crippen molar-refractivity contribution in [1.82, 2.24) is 5.43 Å². The zero-order valence-electron chi connectivity index (χ0n) is 10.8. The van der Waals surface area contributed by atoms with Crippen LogP contribution in [0.4, 0.5) is 0 Å². The van der Waals surface area contributed by atoms with E-state index in [2.05, 4.69) is 10.5 Å². The third kappa shape index (κ3) is 3.59. The normalized spacial score (nSPS) is 10.7. The summed E-state index contributed by atoms with van der Waals surface area (Å²) in [4.78, 5) is 11.8. The van der Waals surface area contributed by atoms with Crippen LogP contribution in [0, 0.1) is 6.92 Å². The van der Waals surface area contributed by atoms with Gasteiger partial charge in [-0.15, -0.1) is 0 Å². The second kappa shape index (κ2) is 6.21. The number of aromatic hydroxyl groups is 1. The Morgan fingerprint density at radius 1 is 1.25 bits per heavy atom. The van der Waals surface area contributed by atoms with Gasteiger partial charge in [-0.05, 0) is 42.8 Å². The first-order valence-electron chi connectivity index (χ1n) is 5.95. The number of phenols is 1. The first-order valence-corrected chi connectivity index (χ1v) is 6.32. The van der Waals surface area contributed by atoms with Crippen molar-refractivity contribution in [1.29, 1.82) is 0 Å². The smallest absolute Gasteiger partial charge is 0.271 e. The van der Waals surface area contributed by atoms with Crippen LogP contribution in [0.25, 0.3) is 0 Å². The summed E-state index contributed by atoms with van der Waals surface area (Å²) >= 11 is 5.77. The fourth-order valence-electron chi connectivity index (χ4n) is 1.54. The molecule has 20 heavy (non-hydrogen) atoms. The lowest BCUT2D eigenvalue weighted by Crippen LogP contribution is -2.17. The molecular weight excluding hydrogens is 276 g/mol. The number of hydrazone groups is 1. The average molecular weight is 289 g/mol. The zero-order chi connectivity index (χ0) is 14.5.